The zero-order chi connectivity index (χ0) is 8.43. The molecule has 2 atom stereocenters. The van der Waals surface area contributed by atoms with E-state index in [9.17, 15) is 4.79 Å². The fourth-order valence-corrected chi connectivity index (χ4v) is 1.34. The summed E-state index contributed by atoms with van der Waals surface area (Å²) in [5.74, 6) is 0.353. The van der Waals surface area contributed by atoms with Gasteiger partial charge in [0, 0.05) is 0 Å². The third-order valence-corrected chi connectivity index (χ3v) is 1.96. The van der Waals surface area contributed by atoms with Crippen LogP contribution in [-0.4, -0.2) is 29.8 Å². The summed E-state index contributed by atoms with van der Waals surface area (Å²) in [6.07, 6.45) is 0. The molecular weight excluding hydrogens is 144 g/mol. The highest BCUT2D eigenvalue weighted by Crippen LogP contribution is 2.10. The molecule has 0 saturated carbocycles. The summed E-state index contributed by atoms with van der Waals surface area (Å²) >= 11 is 0. The van der Waals surface area contributed by atoms with Gasteiger partial charge < -0.3 is 15.7 Å². The van der Waals surface area contributed by atoms with E-state index >= 15 is 0 Å². The summed E-state index contributed by atoms with van der Waals surface area (Å²) in [4.78, 5) is 10.8. The summed E-state index contributed by atoms with van der Waals surface area (Å²) in [7, 11) is 0. The molecule has 3 N–H and O–H groups in total. The van der Waals surface area contributed by atoms with Crippen LogP contribution in [0, 0.1) is 5.92 Å². The Balaban J connectivity index is 2.57. The van der Waals surface area contributed by atoms with Crippen molar-refractivity contribution in [1.82, 2.24) is 10.6 Å². The minimum absolute atomic E-state index is 0.00157. The van der Waals surface area contributed by atoms with Gasteiger partial charge in [0.1, 0.15) is 0 Å². The molecule has 1 aliphatic heterocycles. The highest BCUT2D eigenvalue weighted by Gasteiger charge is 2.32. The van der Waals surface area contributed by atoms with Gasteiger partial charge in [-0.3, -0.25) is 0 Å². The highest BCUT2D eigenvalue weighted by molar-refractivity contribution is 5.77. The van der Waals surface area contributed by atoms with Gasteiger partial charge in [0.25, 0.3) is 0 Å². The maximum absolute atomic E-state index is 10.8. The van der Waals surface area contributed by atoms with Gasteiger partial charge in [-0.15, -0.1) is 0 Å². The van der Waals surface area contributed by atoms with E-state index < -0.39 is 0 Å². The van der Waals surface area contributed by atoms with Gasteiger partial charge >= 0.3 is 6.03 Å². The molecule has 0 bridgehead atoms. The van der Waals surface area contributed by atoms with Gasteiger partial charge in [-0.2, -0.15) is 0 Å². The molecule has 0 aromatic rings. The Labute approximate surface area is 66.0 Å². The first-order chi connectivity index (χ1) is 5.15. The van der Waals surface area contributed by atoms with Gasteiger partial charge in [0.2, 0.25) is 0 Å². The second kappa shape index (κ2) is 3.09. The van der Waals surface area contributed by atoms with E-state index in [-0.39, 0.29) is 24.7 Å². The lowest BCUT2D eigenvalue weighted by atomic mass is 9.99. The fraction of sp³-hybridized carbons (Fsp3) is 0.857. The molecule has 64 valence electrons. The SMILES string of the molecule is CC(C)C1NC(=O)NC1CO. The van der Waals surface area contributed by atoms with Gasteiger partial charge in [-0.1, -0.05) is 13.8 Å². The van der Waals surface area contributed by atoms with Gasteiger partial charge in [-0.25, -0.2) is 4.79 Å². The number of aliphatic hydroxyl groups is 1. The Bertz CT molecular complexity index is 159. The summed E-state index contributed by atoms with van der Waals surface area (Å²) in [6.45, 7) is 4.03. The second-order valence-electron chi connectivity index (χ2n) is 3.18. The Kier molecular flexibility index (Phi) is 2.34. The van der Waals surface area contributed by atoms with Crippen molar-refractivity contribution in [3.05, 3.63) is 0 Å². The number of amides is 2. The summed E-state index contributed by atoms with van der Waals surface area (Å²) in [5.41, 5.74) is 0. The maximum atomic E-state index is 10.8. The molecule has 0 aromatic carbocycles. The van der Waals surface area contributed by atoms with Crippen molar-refractivity contribution >= 4 is 6.03 Å². The Morgan fingerprint density at radius 1 is 1.55 bits per heavy atom. The normalized spacial score (nSPS) is 30.4. The lowest BCUT2D eigenvalue weighted by Crippen LogP contribution is -2.40. The first-order valence-electron chi connectivity index (χ1n) is 3.83. The standard InChI is InChI=1S/C7H14N2O2/c1-4(2)6-5(3-10)8-7(11)9-6/h4-6,10H,3H2,1-2H3,(H2,8,9,11). The topological polar surface area (TPSA) is 61.4 Å². The second-order valence-corrected chi connectivity index (χ2v) is 3.18. The monoisotopic (exact) mass is 158 g/mol. The molecule has 2 unspecified atom stereocenters. The molecule has 1 saturated heterocycles. The molecule has 4 nitrogen and oxygen atoms in total. The number of rotatable bonds is 2. The number of aliphatic hydroxyl groups excluding tert-OH is 1. The Morgan fingerprint density at radius 3 is 2.55 bits per heavy atom. The van der Waals surface area contributed by atoms with E-state index in [1.165, 1.54) is 0 Å². The van der Waals surface area contributed by atoms with Crippen molar-refractivity contribution in [1.29, 1.82) is 0 Å². The van der Waals surface area contributed by atoms with Crippen molar-refractivity contribution in [2.24, 2.45) is 5.92 Å². The van der Waals surface area contributed by atoms with Crippen molar-refractivity contribution in [2.75, 3.05) is 6.61 Å². The van der Waals surface area contributed by atoms with Crippen LogP contribution in [-0.2, 0) is 0 Å². The molecule has 0 aliphatic carbocycles. The summed E-state index contributed by atoms with van der Waals surface area (Å²) < 4.78 is 0. The van der Waals surface area contributed by atoms with Crippen molar-refractivity contribution in [3.8, 4) is 0 Å². The van der Waals surface area contributed by atoms with Crippen molar-refractivity contribution in [3.63, 3.8) is 0 Å². The van der Waals surface area contributed by atoms with Crippen LogP contribution in [0.25, 0.3) is 0 Å². The molecule has 0 radical (unpaired) electrons. The number of carbonyl (C=O) groups is 1. The first kappa shape index (κ1) is 8.33. The molecule has 2 amide bonds. The van der Waals surface area contributed by atoms with Crippen LogP contribution < -0.4 is 10.6 Å². The minimum Gasteiger partial charge on any atom is -0.394 e. The Hall–Kier alpha value is -0.770. The van der Waals surface area contributed by atoms with Crippen molar-refractivity contribution in [2.45, 2.75) is 25.9 Å². The molecule has 0 aromatic heterocycles. The van der Waals surface area contributed by atoms with E-state index in [4.69, 9.17) is 5.11 Å². The number of hydrogen-bond acceptors (Lipinski definition) is 2. The molecule has 4 heteroatoms. The van der Waals surface area contributed by atoms with Crippen molar-refractivity contribution < 1.29 is 9.90 Å². The number of carbonyl (C=O) groups excluding carboxylic acids is 1. The van der Waals surface area contributed by atoms with E-state index in [0.29, 0.717) is 5.92 Å². The molecule has 1 aliphatic rings. The maximum Gasteiger partial charge on any atom is 0.315 e. The lowest BCUT2D eigenvalue weighted by molar-refractivity contribution is 0.226. The largest absolute Gasteiger partial charge is 0.394 e. The first-order valence-corrected chi connectivity index (χ1v) is 3.83. The molecule has 1 rings (SSSR count). The average Bonchev–Trinajstić information content (AvgIpc) is 2.30. The Morgan fingerprint density at radius 2 is 2.18 bits per heavy atom. The number of nitrogens with one attached hydrogen (secondary N) is 2. The molecule has 1 fully saturated rings. The minimum atomic E-state index is -0.178. The van der Waals surface area contributed by atoms with E-state index in [0.717, 1.165) is 0 Å². The van der Waals surface area contributed by atoms with Gasteiger partial charge in [0.15, 0.2) is 0 Å². The fourth-order valence-electron chi connectivity index (χ4n) is 1.34. The van der Waals surface area contributed by atoms with Crippen LogP contribution >= 0.6 is 0 Å². The van der Waals surface area contributed by atoms with Gasteiger partial charge in [-0.05, 0) is 5.92 Å². The van der Waals surface area contributed by atoms with Crippen LogP contribution in [0.15, 0.2) is 0 Å². The molecule has 0 spiro atoms. The highest BCUT2D eigenvalue weighted by atomic mass is 16.3. The third-order valence-electron chi connectivity index (χ3n) is 1.96. The van der Waals surface area contributed by atoms with Crippen LogP contribution in [0.3, 0.4) is 0 Å². The number of urea groups is 1. The number of hydrogen-bond donors (Lipinski definition) is 3. The lowest BCUT2D eigenvalue weighted by Gasteiger charge is -2.19. The predicted molar refractivity (Wildman–Crippen MR) is 41.2 cm³/mol. The predicted octanol–water partition coefficient (Wildman–Crippen LogP) is -0.315. The molecule has 1 heterocycles. The van der Waals surface area contributed by atoms with E-state index in [2.05, 4.69) is 10.6 Å². The zero-order valence-corrected chi connectivity index (χ0v) is 6.79. The third kappa shape index (κ3) is 1.63. The smallest absolute Gasteiger partial charge is 0.315 e. The zero-order valence-electron chi connectivity index (χ0n) is 6.79. The summed E-state index contributed by atoms with van der Waals surface area (Å²) in [6, 6.07) is -0.238. The molecule has 11 heavy (non-hydrogen) atoms. The molecular formula is C7H14N2O2. The van der Waals surface area contributed by atoms with Crippen LogP contribution in [0.4, 0.5) is 4.79 Å². The van der Waals surface area contributed by atoms with Crippen LogP contribution in [0.5, 0.6) is 0 Å². The van der Waals surface area contributed by atoms with E-state index in [1.807, 2.05) is 13.8 Å². The van der Waals surface area contributed by atoms with Crippen LogP contribution in [0.1, 0.15) is 13.8 Å². The average molecular weight is 158 g/mol. The van der Waals surface area contributed by atoms with Gasteiger partial charge in [0.05, 0.1) is 18.7 Å². The summed E-state index contributed by atoms with van der Waals surface area (Å²) in [5, 5.41) is 14.2. The van der Waals surface area contributed by atoms with Crippen LogP contribution in [0.2, 0.25) is 0 Å². The quantitative estimate of drug-likeness (QED) is 0.516. The van der Waals surface area contributed by atoms with E-state index in [1.54, 1.807) is 0 Å².